The predicted molar refractivity (Wildman–Crippen MR) is 52.3 cm³/mol. The number of aryl methyl sites for hydroxylation is 1. The first kappa shape index (κ1) is 9.74. The van der Waals surface area contributed by atoms with Gasteiger partial charge in [-0.1, -0.05) is 25.1 Å². The van der Waals surface area contributed by atoms with Gasteiger partial charge < -0.3 is 0 Å². The van der Waals surface area contributed by atoms with Crippen LogP contribution >= 0.6 is 0 Å². The molecule has 1 amide bonds. The van der Waals surface area contributed by atoms with E-state index in [1.165, 1.54) is 0 Å². The zero-order chi connectivity index (χ0) is 9.68. The lowest BCUT2D eigenvalue weighted by molar-refractivity contribution is 0.0933. The molecular formula is C10H14N2O. The molecular weight excluding hydrogens is 164 g/mol. The molecule has 0 saturated heterocycles. The molecule has 0 heterocycles. The molecule has 0 aliphatic rings. The first-order valence-corrected chi connectivity index (χ1v) is 4.34. The van der Waals surface area contributed by atoms with E-state index in [1.807, 2.05) is 38.1 Å². The molecule has 1 aromatic carbocycles. The summed E-state index contributed by atoms with van der Waals surface area (Å²) in [5, 5.41) is 0. The van der Waals surface area contributed by atoms with E-state index in [1.54, 1.807) is 0 Å². The van der Waals surface area contributed by atoms with Crippen LogP contribution in [0.4, 0.5) is 0 Å². The largest absolute Gasteiger partial charge is 0.287 e. The summed E-state index contributed by atoms with van der Waals surface area (Å²) in [5.41, 5.74) is 7.07. The summed E-state index contributed by atoms with van der Waals surface area (Å²) in [6, 6.07) is 7.50. The third kappa shape index (κ3) is 2.56. The molecule has 2 N–H and O–H groups in total. The fraction of sp³-hybridized carbons (Fsp3) is 0.300. The van der Waals surface area contributed by atoms with Crippen LogP contribution in [-0.2, 0) is 0 Å². The van der Waals surface area contributed by atoms with Gasteiger partial charge in [0, 0.05) is 12.1 Å². The summed E-state index contributed by atoms with van der Waals surface area (Å²) in [6.45, 7) is 4.57. The molecule has 13 heavy (non-hydrogen) atoms. The molecule has 0 atom stereocenters. The van der Waals surface area contributed by atoms with Crippen LogP contribution in [0.3, 0.4) is 0 Å². The van der Waals surface area contributed by atoms with Gasteiger partial charge in [-0.05, 0) is 18.6 Å². The maximum absolute atomic E-state index is 11.5. The Morgan fingerprint density at radius 1 is 1.38 bits per heavy atom. The Labute approximate surface area is 78.1 Å². The molecule has 3 nitrogen and oxygen atoms in total. The van der Waals surface area contributed by atoms with Gasteiger partial charge in [0.15, 0.2) is 0 Å². The van der Waals surface area contributed by atoms with Crippen molar-refractivity contribution in [3.05, 3.63) is 35.4 Å². The molecule has 0 fully saturated rings. The molecule has 70 valence electrons. The number of nitrogens with one attached hydrogen (secondary N) is 2. The van der Waals surface area contributed by atoms with Crippen LogP contribution in [0, 0.1) is 6.92 Å². The van der Waals surface area contributed by atoms with E-state index in [4.69, 9.17) is 0 Å². The predicted octanol–water partition coefficient (Wildman–Crippen LogP) is 1.25. The van der Waals surface area contributed by atoms with Crippen molar-refractivity contribution >= 4 is 5.91 Å². The van der Waals surface area contributed by atoms with E-state index < -0.39 is 0 Å². The Morgan fingerprint density at radius 2 is 2.08 bits per heavy atom. The minimum Gasteiger partial charge on any atom is -0.287 e. The third-order valence-corrected chi connectivity index (χ3v) is 1.77. The van der Waals surface area contributed by atoms with Crippen molar-refractivity contribution in [2.45, 2.75) is 13.8 Å². The van der Waals surface area contributed by atoms with Gasteiger partial charge in [0.05, 0.1) is 0 Å². The average molecular weight is 178 g/mol. The highest BCUT2D eigenvalue weighted by atomic mass is 16.2. The van der Waals surface area contributed by atoms with Crippen molar-refractivity contribution < 1.29 is 4.79 Å². The summed E-state index contributed by atoms with van der Waals surface area (Å²) < 4.78 is 0. The second-order valence-corrected chi connectivity index (χ2v) is 2.80. The average Bonchev–Trinajstić information content (AvgIpc) is 2.15. The van der Waals surface area contributed by atoms with Crippen LogP contribution in [0.2, 0.25) is 0 Å². The summed E-state index contributed by atoms with van der Waals surface area (Å²) in [5.74, 6) is -0.0834. The standard InChI is InChI=1S/C10H14N2O/c1-3-11-12-10(13)9-7-5-4-6-8(9)2/h4-7,11H,3H2,1-2H3,(H,12,13). The van der Waals surface area contributed by atoms with Gasteiger partial charge in [0.1, 0.15) is 0 Å². The number of benzene rings is 1. The molecule has 3 heteroatoms. The second kappa shape index (κ2) is 4.62. The van der Waals surface area contributed by atoms with Gasteiger partial charge in [-0.25, -0.2) is 5.43 Å². The van der Waals surface area contributed by atoms with E-state index in [-0.39, 0.29) is 5.91 Å². The molecule has 0 bridgehead atoms. The lowest BCUT2D eigenvalue weighted by Crippen LogP contribution is -2.37. The fourth-order valence-electron chi connectivity index (χ4n) is 1.06. The Balaban J connectivity index is 2.71. The number of carbonyl (C=O) groups is 1. The van der Waals surface area contributed by atoms with Gasteiger partial charge in [-0.15, -0.1) is 0 Å². The number of amides is 1. The van der Waals surface area contributed by atoms with Gasteiger partial charge in [-0.2, -0.15) is 0 Å². The maximum Gasteiger partial charge on any atom is 0.265 e. The van der Waals surface area contributed by atoms with Crippen molar-refractivity contribution in [3.8, 4) is 0 Å². The minimum atomic E-state index is -0.0834. The van der Waals surface area contributed by atoms with Crippen molar-refractivity contribution in [1.29, 1.82) is 0 Å². The topological polar surface area (TPSA) is 41.1 Å². The van der Waals surface area contributed by atoms with E-state index in [0.717, 1.165) is 12.1 Å². The van der Waals surface area contributed by atoms with Gasteiger partial charge in [0.25, 0.3) is 5.91 Å². The number of carbonyl (C=O) groups excluding carboxylic acids is 1. The smallest absolute Gasteiger partial charge is 0.265 e. The molecule has 0 saturated carbocycles. The van der Waals surface area contributed by atoms with Crippen LogP contribution < -0.4 is 10.9 Å². The zero-order valence-corrected chi connectivity index (χ0v) is 7.92. The van der Waals surface area contributed by atoms with E-state index >= 15 is 0 Å². The van der Waals surface area contributed by atoms with E-state index in [0.29, 0.717) is 5.56 Å². The first-order chi connectivity index (χ1) is 6.25. The van der Waals surface area contributed by atoms with Crippen LogP contribution in [0.1, 0.15) is 22.8 Å². The highest BCUT2D eigenvalue weighted by Gasteiger charge is 2.05. The SMILES string of the molecule is CCNNC(=O)c1ccccc1C. The summed E-state index contributed by atoms with van der Waals surface area (Å²) >= 11 is 0. The monoisotopic (exact) mass is 178 g/mol. The summed E-state index contributed by atoms with van der Waals surface area (Å²) in [7, 11) is 0. The van der Waals surface area contributed by atoms with E-state index in [2.05, 4.69) is 10.9 Å². The quantitative estimate of drug-likeness (QED) is 0.684. The molecule has 0 aliphatic heterocycles. The number of hydrogen-bond acceptors (Lipinski definition) is 2. The number of hydrogen-bond donors (Lipinski definition) is 2. The van der Waals surface area contributed by atoms with Gasteiger partial charge >= 0.3 is 0 Å². The molecule has 1 aromatic rings. The van der Waals surface area contributed by atoms with Crippen molar-refractivity contribution in [3.63, 3.8) is 0 Å². The lowest BCUT2D eigenvalue weighted by Gasteiger charge is -2.06. The summed E-state index contributed by atoms with van der Waals surface area (Å²) in [4.78, 5) is 11.5. The van der Waals surface area contributed by atoms with Crippen LogP contribution in [0.5, 0.6) is 0 Å². The summed E-state index contributed by atoms with van der Waals surface area (Å²) in [6.07, 6.45) is 0. The van der Waals surface area contributed by atoms with Gasteiger partial charge in [-0.3, -0.25) is 10.2 Å². The highest BCUT2D eigenvalue weighted by Crippen LogP contribution is 2.05. The van der Waals surface area contributed by atoms with Crippen LogP contribution in [0.15, 0.2) is 24.3 Å². The van der Waals surface area contributed by atoms with Gasteiger partial charge in [0.2, 0.25) is 0 Å². The minimum absolute atomic E-state index is 0.0834. The van der Waals surface area contributed by atoms with Crippen molar-refractivity contribution in [1.82, 2.24) is 10.9 Å². The Morgan fingerprint density at radius 3 is 2.69 bits per heavy atom. The molecule has 0 aliphatic carbocycles. The van der Waals surface area contributed by atoms with Crippen LogP contribution in [0.25, 0.3) is 0 Å². The fourth-order valence-corrected chi connectivity index (χ4v) is 1.06. The molecule has 0 aromatic heterocycles. The van der Waals surface area contributed by atoms with Crippen molar-refractivity contribution in [2.75, 3.05) is 6.54 Å². The normalized spacial score (nSPS) is 9.69. The molecule has 1 rings (SSSR count). The highest BCUT2D eigenvalue weighted by molar-refractivity contribution is 5.95. The molecule has 0 radical (unpaired) electrons. The first-order valence-electron chi connectivity index (χ1n) is 4.34. The Hall–Kier alpha value is -1.35. The number of rotatable bonds is 3. The molecule has 0 spiro atoms. The van der Waals surface area contributed by atoms with Crippen LogP contribution in [-0.4, -0.2) is 12.5 Å². The Kier molecular flexibility index (Phi) is 3.46. The lowest BCUT2D eigenvalue weighted by atomic mass is 10.1. The Bertz CT molecular complexity index is 297. The second-order valence-electron chi connectivity index (χ2n) is 2.80. The maximum atomic E-state index is 11.5. The number of hydrazine groups is 1. The molecule has 0 unspecified atom stereocenters. The van der Waals surface area contributed by atoms with Crippen molar-refractivity contribution in [2.24, 2.45) is 0 Å². The zero-order valence-electron chi connectivity index (χ0n) is 7.92. The third-order valence-electron chi connectivity index (χ3n) is 1.77. The van der Waals surface area contributed by atoms with E-state index in [9.17, 15) is 4.79 Å².